The van der Waals surface area contributed by atoms with E-state index in [1.165, 1.54) is 0 Å². The maximum atomic E-state index is 13.5. The van der Waals surface area contributed by atoms with E-state index >= 15 is 0 Å². The Morgan fingerprint density at radius 2 is 0.603 bits per heavy atom. The van der Waals surface area contributed by atoms with Gasteiger partial charge in [0.1, 0.15) is 17.5 Å². The summed E-state index contributed by atoms with van der Waals surface area (Å²) in [5.41, 5.74) is 21.3. The number of carbonyl (C=O) groups is 3. The molecule has 390 valence electrons. The summed E-state index contributed by atoms with van der Waals surface area (Å²) in [4.78, 5) is 54.7. The number of imidazole rings is 3. The smallest absolute Gasteiger partial charge is 0.160 e. The van der Waals surface area contributed by atoms with E-state index in [2.05, 4.69) is 164 Å². The Balaban J connectivity index is 0.955. The first kappa shape index (κ1) is 52.6. The number of aryl methyl sites for hydroxylation is 12. The number of ketones is 3. The Kier molecular flexibility index (Phi) is 15.1. The van der Waals surface area contributed by atoms with Crippen molar-refractivity contribution in [3.63, 3.8) is 0 Å². The molecule has 3 aromatic heterocycles. The Labute approximate surface area is 458 Å². The summed E-state index contributed by atoms with van der Waals surface area (Å²) < 4.78 is 6.34. The molecule has 0 N–H and O–H groups in total. The highest BCUT2D eigenvalue weighted by Crippen LogP contribution is 2.33. The van der Waals surface area contributed by atoms with Crippen LogP contribution < -0.4 is 0 Å². The fourth-order valence-electron chi connectivity index (χ4n) is 11.5. The van der Waals surface area contributed by atoms with Crippen molar-refractivity contribution in [2.24, 2.45) is 0 Å². The molecule has 7 aromatic carbocycles. The number of hydrogen-bond donors (Lipinski definition) is 0. The van der Waals surface area contributed by atoms with Gasteiger partial charge in [-0.3, -0.25) is 28.1 Å². The number of aromatic nitrogens is 6. The van der Waals surface area contributed by atoms with E-state index in [1.54, 1.807) is 20.8 Å². The minimum absolute atomic E-state index is 0.00888. The number of Topliss-reactive ketones (excluding diaryl/α,β-unsaturated/α-hetero) is 3. The monoisotopic (exact) mass is 1030 g/mol. The van der Waals surface area contributed by atoms with Gasteiger partial charge in [0.05, 0.1) is 17.1 Å². The zero-order valence-corrected chi connectivity index (χ0v) is 46.2. The predicted octanol–water partition coefficient (Wildman–Crippen LogP) is 15.1. The Morgan fingerprint density at radius 3 is 0.846 bits per heavy atom. The van der Waals surface area contributed by atoms with Crippen LogP contribution >= 0.6 is 0 Å². The van der Waals surface area contributed by atoms with Gasteiger partial charge in [-0.2, -0.15) is 0 Å². The van der Waals surface area contributed by atoms with Crippen LogP contribution in [-0.4, -0.2) is 46.0 Å². The lowest BCUT2D eigenvalue weighted by Gasteiger charge is -2.16. The van der Waals surface area contributed by atoms with Crippen LogP contribution in [0, 0.1) is 41.5 Å². The highest BCUT2D eigenvalue weighted by Gasteiger charge is 2.20. The van der Waals surface area contributed by atoms with Gasteiger partial charge in [-0.05, 0) is 186 Å². The highest BCUT2D eigenvalue weighted by atomic mass is 16.1. The summed E-state index contributed by atoms with van der Waals surface area (Å²) in [7, 11) is 0. The number of benzene rings is 7. The van der Waals surface area contributed by atoms with E-state index in [0.29, 0.717) is 55.2 Å². The van der Waals surface area contributed by atoms with Crippen molar-refractivity contribution in [3.8, 4) is 51.2 Å². The van der Waals surface area contributed by atoms with Crippen molar-refractivity contribution in [1.29, 1.82) is 0 Å². The van der Waals surface area contributed by atoms with Crippen molar-refractivity contribution < 1.29 is 14.4 Å². The largest absolute Gasteiger partial charge is 0.299 e. The molecule has 0 spiro atoms. The van der Waals surface area contributed by atoms with E-state index in [1.807, 2.05) is 55.4 Å². The third kappa shape index (κ3) is 10.8. The van der Waals surface area contributed by atoms with Crippen LogP contribution in [-0.2, 0) is 38.5 Å². The van der Waals surface area contributed by atoms with Crippen LogP contribution in [0.1, 0.15) is 119 Å². The first-order valence-electron chi connectivity index (χ1n) is 27.0. The molecular weight excluding hydrogens is 961 g/mol. The van der Waals surface area contributed by atoms with E-state index in [9.17, 15) is 14.4 Å². The molecule has 0 aliphatic heterocycles. The van der Waals surface area contributed by atoms with Crippen molar-refractivity contribution in [3.05, 3.63) is 248 Å². The van der Waals surface area contributed by atoms with Gasteiger partial charge in [0.25, 0.3) is 0 Å². The van der Waals surface area contributed by atoms with Crippen molar-refractivity contribution in [2.45, 2.75) is 101 Å². The zero-order chi connectivity index (χ0) is 54.8. The second-order valence-electron chi connectivity index (χ2n) is 21.0. The minimum Gasteiger partial charge on any atom is -0.299 e. The molecule has 3 heterocycles. The van der Waals surface area contributed by atoms with Crippen LogP contribution in [0.15, 0.2) is 165 Å². The molecule has 0 atom stereocenters. The fraction of sp³-hybridized carbons (Fsp3) is 0.217. The molecule has 0 saturated carbocycles. The Bertz CT molecular complexity index is 3460. The van der Waals surface area contributed by atoms with Gasteiger partial charge >= 0.3 is 0 Å². The van der Waals surface area contributed by atoms with Gasteiger partial charge in [-0.15, -0.1) is 0 Å². The second-order valence-corrected chi connectivity index (χ2v) is 21.0. The van der Waals surface area contributed by atoms with Crippen molar-refractivity contribution in [1.82, 2.24) is 28.7 Å². The molecule has 0 saturated heterocycles. The van der Waals surface area contributed by atoms with Crippen LogP contribution in [0.2, 0.25) is 0 Å². The van der Waals surface area contributed by atoms with Gasteiger partial charge in [0.15, 0.2) is 17.3 Å². The molecule has 0 aliphatic carbocycles. The summed E-state index contributed by atoms with van der Waals surface area (Å²) in [6, 6.07) is 44.2. The molecule has 0 aliphatic rings. The summed E-state index contributed by atoms with van der Waals surface area (Å²) in [5, 5.41) is 0. The number of rotatable bonds is 18. The molecule has 0 fully saturated rings. The maximum absolute atomic E-state index is 13.5. The van der Waals surface area contributed by atoms with Crippen LogP contribution in [0.25, 0.3) is 51.2 Å². The predicted molar refractivity (Wildman–Crippen MR) is 314 cm³/mol. The Morgan fingerprint density at radius 1 is 0.346 bits per heavy atom. The number of nitrogens with zero attached hydrogens (tertiary/aromatic N) is 6. The van der Waals surface area contributed by atoms with E-state index in [4.69, 9.17) is 15.0 Å². The van der Waals surface area contributed by atoms with E-state index in [0.717, 1.165) is 118 Å². The Hall–Kier alpha value is -8.82. The van der Waals surface area contributed by atoms with Gasteiger partial charge in [0.2, 0.25) is 0 Å². The van der Waals surface area contributed by atoms with Crippen LogP contribution in [0.5, 0.6) is 0 Å². The van der Waals surface area contributed by atoms with Crippen molar-refractivity contribution >= 4 is 17.3 Å². The summed E-state index contributed by atoms with van der Waals surface area (Å²) in [5.74, 6) is 2.39. The third-order valence-electron chi connectivity index (χ3n) is 15.4. The van der Waals surface area contributed by atoms with Crippen LogP contribution in [0.3, 0.4) is 0 Å². The van der Waals surface area contributed by atoms with Crippen molar-refractivity contribution in [2.75, 3.05) is 0 Å². The van der Waals surface area contributed by atoms with Gasteiger partial charge in [0, 0.05) is 70.6 Å². The normalized spacial score (nSPS) is 11.3. The standard InChI is InChI=1S/C69H66N6O3/c1-43-13-10-14-44(2)64(43)73-34-31-70-67(73)58-28-25-55(61(40-58)49(7)76)22-19-52-37-53(20-23-56-26-29-59(41-62(56)50(8)77)68-71-32-35-74(68)65-45(3)15-11-16-46(65)4)39-54(38-52)21-24-57-27-30-60(42-63(57)51(9)78)69-72-33-36-75(69)66-47(5)17-12-18-48(66)6/h10-18,25-42H,19-24H2,1-9H3. The summed E-state index contributed by atoms with van der Waals surface area (Å²) in [6.45, 7) is 17.6. The lowest BCUT2D eigenvalue weighted by Crippen LogP contribution is -2.07. The zero-order valence-electron chi connectivity index (χ0n) is 46.2. The fourth-order valence-corrected chi connectivity index (χ4v) is 11.5. The highest BCUT2D eigenvalue weighted by molar-refractivity contribution is 5.98. The number of carbonyl (C=O) groups excluding carboxylic acids is 3. The van der Waals surface area contributed by atoms with Gasteiger partial charge in [-0.1, -0.05) is 109 Å². The molecule has 0 radical (unpaired) electrons. The lowest BCUT2D eigenvalue weighted by molar-refractivity contribution is 0.100. The topological polar surface area (TPSA) is 105 Å². The molecule has 10 aromatic rings. The average Bonchev–Trinajstić information content (AvgIpc) is 4.32. The van der Waals surface area contributed by atoms with Crippen LogP contribution in [0.4, 0.5) is 0 Å². The van der Waals surface area contributed by atoms with E-state index in [-0.39, 0.29) is 17.3 Å². The SMILES string of the molecule is CC(=O)c1cc(-c2nccn2-c2c(C)cccc2C)ccc1CCc1cc(CCc2ccc(-c3nccn3-c3c(C)cccc3C)cc2C(C)=O)cc(CCc2ccc(-c3nccn3-c3c(C)cccc3C)cc2C(C)=O)c1. The van der Waals surface area contributed by atoms with Gasteiger partial charge < -0.3 is 0 Å². The maximum Gasteiger partial charge on any atom is 0.160 e. The first-order valence-corrected chi connectivity index (χ1v) is 27.0. The molecule has 10 rings (SSSR count). The number of para-hydroxylation sites is 3. The molecule has 9 heteroatoms. The number of hydrogen-bond acceptors (Lipinski definition) is 6. The van der Waals surface area contributed by atoms with E-state index < -0.39 is 0 Å². The lowest BCUT2D eigenvalue weighted by atomic mass is 9.90. The second kappa shape index (κ2) is 22.4. The molecule has 9 nitrogen and oxygen atoms in total. The van der Waals surface area contributed by atoms with Gasteiger partial charge in [-0.25, -0.2) is 15.0 Å². The molecule has 0 unspecified atom stereocenters. The minimum atomic E-state index is 0.00888. The quantitative estimate of drug-likeness (QED) is 0.0793. The molecule has 78 heavy (non-hydrogen) atoms. The molecular formula is C69H66N6O3. The third-order valence-corrected chi connectivity index (χ3v) is 15.4. The first-order chi connectivity index (χ1) is 37.6. The average molecular weight is 1030 g/mol. The molecule has 0 amide bonds. The summed E-state index contributed by atoms with van der Waals surface area (Å²) in [6.07, 6.45) is 15.5. The summed E-state index contributed by atoms with van der Waals surface area (Å²) >= 11 is 0. The molecule has 0 bridgehead atoms.